The first-order valence-electron chi connectivity index (χ1n) is 6.83. The van der Waals surface area contributed by atoms with Crippen LogP contribution in [0.15, 0.2) is 48.5 Å². The molecule has 2 aromatic carbocycles. The summed E-state index contributed by atoms with van der Waals surface area (Å²) < 4.78 is 0. The first-order valence-corrected chi connectivity index (χ1v) is 6.83. The summed E-state index contributed by atoms with van der Waals surface area (Å²) >= 11 is 0. The molecule has 1 heteroatoms. The van der Waals surface area contributed by atoms with Crippen molar-refractivity contribution in [2.45, 2.75) is 25.3 Å². The van der Waals surface area contributed by atoms with Gasteiger partial charge in [0.15, 0.2) is 0 Å². The molecule has 0 N–H and O–H groups in total. The molecule has 2 atom stereocenters. The van der Waals surface area contributed by atoms with E-state index in [0.29, 0.717) is 12.0 Å². The van der Waals surface area contributed by atoms with Gasteiger partial charge in [0.25, 0.3) is 0 Å². The lowest BCUT2D eigenvalue weighted by atomic mass is 9.96. The third kappa shape index (κ3) is 1.17. The van der Waals surface area contributed by atoms with E-state index in [4.69, 9.17) is 0 Å². The van der Waals surface area contributed by atoms with Crippen molar-refractivity contribution < 1.29 is 0 Å². The second-order valence-electron chi connectivity index (χ2n) is 5.30. The van der Waals surface area contributed by atoms with Crippen LogP contribution in [0.2, 0.25) is 0 Å². The quantitative estimate of drug-likeness (QED) is 0.724. The van der Waals surface area contributed by atoms with Crippen LogP contribution in [-0.2, 0) is 6.42 Å². The summed E-state index contributed by atoms with van der Waals surface area (Å²) in [7, 11) is 0. The number of rotatable bonds is 1. The first-order chi connectivity index (χ1) is 8.90. The van der Waals surface area contributed by atoms with E-state index in [-0.39, 0.29) is 0 Å². The van der Waals surface area contributed by atoms with Gasteiger partial charge in [-0.25, -0.2) is 0 Å². The summed E-state index contributed by atoms with van der Waals surface area (Å²) in [5.74, 6) is 0.665. The van der Waals surface area contributed by atoms with Crippen LogP contribution in [-0.4, -0.2) is 6.54 Å². The maximum absolute atomic E-state index is 2.58. The number of para-hydroxylation sites is 1. The molecule has 18 heavy (non-hydrogen) atoms. The van der Waals surface area contributed by atoms with Crippen molar-refractivity contribution in [2.75, 3.05) is 11.4 Å². The van der Waals surface area contributed by atoms with Gasteiger partial charge in [0.2, 0.25) is 0 Å². The summed E-state index contributed by atoms with van der Waals surface area (Å²) in [6.07, 6.45) is 1.20. The molecular weight excluding hydrogens is 218 g/mol. The molecule has 0 unspecified atom stereocenters. The van der Waals surface area contributed by atoms with Gasteiger partial charge >= 0.3 is 0 Å². The Balaban J connectivity index is 1.90. The lowest BCUT2D eigenvalue weighted by Crippen LogP contribution is -2.24. The Bertz CT molecular complexity index is 600. The fourth-order valence-corrected chi connectivity index (χ4v) is 3.82. The van der Waals surface area contributed by atoms with E-state index >= 15 is 0 Å². The molecule has 4 rings (SSSR count). The summed E-state index contributed by atoms with van der Waals surface area (Å²) in [6.45, 7) is 3.35. The van der Waals surface area contributed by atoms with E-state index in [0.717, 1.165) is 6.54 Å². The second kappa shape index (κ2) is 3.61. The molecule has 0 spiro atoms. The molecule has 0 bridgehead atoms. The SMILES string of the molecule is CCN1c2ccccc2[C@@H]2Cc3ccccc3[C@@H]21. The van der Waals surface area contributed by atoms with Crippen molar-refractivity contribution in [2.24, 2.45) is 0 Å². The molecule has 90 valence electrons. The number of benzene rings is 2. The maximum atomic E-state index is 2.58. The molecular formula is C17H17N. The van der Waals surface area contributed by atoms with Gasteiger partial charge in [-0.1, -0.05) is 42.5 Å². The van der Waals surface area contributed by atoms with Crippen molar-refractivity contribution in [3.05, 3.63) is 65.2 Å². The van der Waals surface area contributed by atoms with Gasteiger partial charge in [0, 0.05) is 18.2 Å². The monoisotopic (exact) mass is 235 g/mol. The zero-order valence-electron chi connectivity index (χ0n) is 10.6. The molecule has 0 amide bonds. The predicted molar refractivity (Wildman–Crippen MR) is 75.1 cm³/mol. The maximum Gasteiger partial charge on any atom is 0.0617 e. The van der Waals surface area contributed by atoms with Crippen molar-refractivity contribution in [1.82, 2.24) is 0 Å². The van der Waals surface area contributed by atoms with Crippen LogP contribution in [0.3, 0.4) is 0 Å². The van der Waals surface area contributed by atoms with Crippen molar-refractivity contribution in [3.63, 3.8) is 0 Å². The van der Waals surface area contributed by atoms with Crippen molar-refractivity contribution in [1.29, 1.82) is 0 Å². The largest absolute Gasteiger partial charge is 0.364 e. The Morgan fingerprint density at radius 3 is 2.56 bits per heavy atom. The Morgan fingerprint density at radius 1 is 1.00 bits per heavy atom. The minimum absolute atomic E-state index is 0.573. The van der Waals surface area contributed by atoms with E-state index in [1.165, 1.54) is 12.1 Å². The number of likely N-dealkylation sites (N-methyl/N-ethyl adjacent to an activating group) is 1. The number of anilines is 1. The van der Waals surface area contributed by atoms with Crippen LogP contribution in [0.4, 0.5) is 5.69 Å². The number of nitrogens with zero attached hydrogens (tertiary/aromatic N) is 1. The van der Waals surface area contributed by atoms with Crippen LogP contribution < -0.4 is 4.90 Å². The normalized spacial score (nSPS) is 23.7. The van der Waals surface area contributed by atoms with Crippen LogP contribution >= 0.6 is 0 Å². The standard InChI is InChI=1S/C17H17N/c1-2-18-16-10-6-5-9-14(16)15-11-12-7-3-4-8-13(12)17(15)18/h3-10,15,17H,2,11H2,1H3/t15-,17-/m0/s1. The van der Waals surface area contributed by atoms with Crippen LogP contribution in [0.1, 0.15) is 35.6 Å². The van der Waals surface area contributed by atoms with Crippen molar-refractivity contribution in [3.8, 4) is 0 Å². The highest BCUT2D eigenvalue weighted by atomic mass is 15.2. The van der Waals surface area contributed by atoms with E-state index in [1.54, 1.807) is 16.7 Å². The Hall–Kier alpha value is -1.76. The molecule has 2 aliphatic rings. The second-order valence-corrected chi connectivity index (χ2v) is 5.30. The summed E-state index contributed by atoms with van der Waals surface area (Å²) in [5.41, 5.74) is 6.08. The van der Waals surface area contributed by atoms with Crippen LogP contribution in [0.25, 0.3) is 0 Å². The summed E-state index contributed by atoms with van der Waals surface area (Å²) in [5, 5.41) is 0. The third-order valence-corrected chi connectivity index (χ3v) is 4.52. The third-order valence-electron chi connectivity index (χ3n) is 4.52. The van der Waals surface area contributed by atoms with Crippen LogP contribution in [0, 0.1) is 0 Å². The summed E-state index contributed by atoms with van der Waals surface area (Å²) in [4.78, 5) is 2.58. The predicted octanol–water partition coefficient (Wildman–Crippen LogP) is 3.91. The fraction of sp³-hybridized carbons (Fsp3) is 0.294. The Kier molecular flexibility index (Phi) is 2.05. The van der Waals surface area contributed by atoms with Gasteiger partial charge < -0.3 is 4.90 Å². The topological polar surface area (TPSA) is 3.24 Å². The number of hydrogen-bond acceptors (Lipinski definition) is 1. The van der Waals surface area contributed by atoms with Gasteiger partial charge in [-0.2, -0.15) is 0 Å². The van der Waals surface area contributed by atoms with E-state index < -0.39 is 0 Å². The molecule has 1 aliphatic heterocycles. The minimum atomic E-state index is 0.573. The van der Waals surface area contributed by atoms with Gasteiger partial charge in [0.05, 0.1) is 6.04 Å². The smallest absolute Gasteiger partial charge is 0.0617 e. The van der Waals surface area contributed by atoms with Gasteiger partial charge in [-0.3, -0.25) is 0 Å². The average Bonchev–Trinajstić information content (AvgIpc) is 2.93. The number of fused-ring (bicyclic) bond motifs is 5. The molecule has 0 saturated carbocycles. The molecule has 1 nitrogen and oxygen atoms in total. The molecule has 0 saturated heterocycles. The molecule has 0 radical (unpaired) electrons. The first kappa shape index (κ1) is 10.2. The lowest BCUT2D eigenvalue weighted by molar-refractivity contribution is 0.596. The molecule has 2 aromatic rings. The zero-order chi connectivity index (χ0) is 12.1. The Morgan fingerprint density at radius 2 is 1.72 bits per heavy atom. The van der Waals surface area contributed by atoms with Gasteiger partial charge in [-0.15, -0.1) is 0 Å². The molecule has 0 aromatic heterocycles. The van der Waals surface area contributed by atoms with E-state index in [1.807, 2.05) is 0 Å². The van der Waals surface area contributed by atoms with E-state index in [9.17, 15) is 0 Å². The number of hydrogen-bond donors (Lipinski definition) is 0. The molecule has 1 heterocycles. The Labute approximate surface area is 108 Å². The fourth-order valence-electron chi connectivity index (χ4n) is 3.82. The van der Waals surface area contributed by atoms with Crippen molar-refractivity contribution >= 4 is 5.69 Å². The lowest BCUT2D eigenvalue weighted by Gasteiger charge is -2.26. The van der Waals surface area contributed by atoms with Gasteiger partial charge in [0.1, 0.15) is 0 Å². The van der Waals surface area contributed by atoms with Gasteiger partial charge in [-0.05, 0) is 36.1 Å². The molecule has 1 aliphatic carbocycles. The molecule has 0 fully saturated rings. The highest BCUT2D eigenvalue weighted by Crippen LogP contribution is 2.54. The minimum Gasteiger partial charge on any atom is -0.364 e. The van der Waals surface area contributed by atoms with E-state index in [2.05, 4.69) is 60.4 Å². The zero-order valence-corrected chi connectivity index (χ0v) is 10.6. The summed E-state index contributed by atoms with van der Waals surface area (Å²) in [6, 6.07) is 18.5. The highest BCUT2D eigenvalue weighted by molar-refractivity contribution is 5.66. The highest BCUT2D eigenvalue weighted by Gasteiger charge is 2.43. The average molecular weight is 235 g/mol. The van der Waals surface area contributed by atoms with Crippen LogP contribution in [0.5, 0.6) is 0 Å².